The molecule has 0 aliphatic carbocycles. The average molecular weight is 1240 g/mol. The Morgan fingerprint density at radius 3 is 1.36 bits per heavy atom. The molecule has 10 atom stereocenters. The highest BCUT2D eigenvalue weighted by Crippen LogP contribution is 2.33. The van der Waals surface area contributed by atoms with Gasteiger partial charge in [-0.05, 0) is 87.9 Å². The number of Topliss-reactive ketones (excluding diaryl/α,β-unsaturated/α-hetero) is 4. The fourth-order valence-corrected chi connectivity index (χ4v) is 11.1. The highest BCUT2D eigenvalue weighted by Gasteiger charge is 2.44. The Hall–Kier alpha value is -6.05. The number of aromatic nitrogens is 3. The SMILES string of the molecule is CC(=O)NC1C(OCCCCC(=O)CCCCCC(=O)CCCc2nc(NCCC(=O)CCCCCC(=O)CCCCOC3OC(COC(C)=O)C(C)C(C)C3NC(C)=O)nc(N3CCN(C(=O)CCCC(=O)O)CC3)n2)OC(COC(C)=O)C(C)C1C. The van der Waals surface area contributed by atoms with Gasteiger partial charge in [0.15, 0.2) is 12.6 Å². The van der Waals surface area contributed by atoms with E-state index in [4.69, 9.17) is 38.5 Å². The number of nitrogens with zero attached hydrogens (tertiary/aromatic N) is 5. The Morgan fingerprint density at radius 2 is 0.932 bits per heavy atom. The third-order valence-corrected chi connectivity index (χ3v) is 16.8. The lowest BCUT2D eigenvalue weighted by Gasteiger charge is -2.44. The Balaban J connectivity index is 1.14. The number of esters is 2. The Kier molecular flexibility index (Phi) is 34.3. The van der Waals surface area contributed by atoms with E-state index >= 15 is 0 Å². The van der Waals surface area contributed by atoms with E-state index < -0.39 is 30.5 Å². The number of piperazine rings is 1. The lowest BCUT2D eigenvalue weighted by Crippen LogP contribution is -2.58. The monoisotopic (exact) mass is 1240 g/mol. The number of unbranched alkanes of at least 4 members (excludes halogenated alkanes) is 6. The van der Waals surface area contributed by atoms with Crippen LogP contribution in [0.4, 0.5) is 11.9 Å². The standard InChI is InChI=1S/C63H102N8O17/c1-41-43(3)58(65-45(5)72)60(87-53(41)39-85-47(7)74)83-37-17-15-25-49(76)21-11-9-13-23-51(78)27-19-28-55-67-62(69-63(68-55)71-35-33-70(34-36-71)56(80)29-20-30-57(81)82)64-32-31-52(79)24-14-10-12-22-50(77)26-16-18-38-84-61-59(66-46(6)73)44(4)42(2)54(88-61)40-86-48(8)75/h41-44,53-54,58-61H,9-40H2,1-8H3,(H,65,72)(H,66,73)(H,81,82)(H,64,67,68,69). The van der Waals surface area contributed by atoms with E-state index in [1.165, 1.54) is 27.7 Å². The molecule has 0 radical (unpaired) electrons. The maximum Gasteiger partial charge on any atom is 0.303 e. The van der Waals surface area contributed by atoms with Gasteiger partial charge in [-0.1, -0.05) is 40.5 Å². The van der Waals surface area contributed by atoms with Gasteiger partial charge in [0.1, 0.15) is 42.2 Å². The number of aliphatic carboxylic acids is 1. The molecule has 0 spiro atoms. The smallest absolute Gasteiger partial charge is 0.303 e. The van der Waals surface area contributed by atoms with Gasteiger partial charge in [0.25, 0.3) is 0 Å². The summed E-state index contributed by atoms with van der Waals surface area (Å²) in [4.78, 5) is 140. The summed E-state index contributed by atoms with van der Waals surface area (Å²) in [5.74, 6) is -0.558. The molecule has 3 saturated heterocycles. The van der Waals surface area contributed by atoms with Crippen LogP contribution in [0.15, 0.2) is 0 Å². The average Bonchev–Trinajstić information content (AvgIpc) is 2.60. The molecule has 1 aromatic rings. The van der Waals surface area contributed by atoms with Crippen LogP contribution < -0.4 is 20.9 Å². The highest BCUT2D eigenvalue weighted by atomic mass is 16.7. The van der Waals surface area contributed by atoms with Crippen LogP contribution in [-0.4, -0.2) is 180 Å². The third-order valence-electron chi connectivity index (χ3n) is 16.8. The minimum atomic E-state index is -0.943. The maximum atomic E-state index is 13.0. The zero-order chi connectivity index (χ0) is 64.5. The molecule has 0 bridgehead atoms. The van der Waals surface area contributed by atoms with Gasteiger partial charge >= 0.3 is 17.9 Å². The first-order valence-electron chi connectivity index (χ1n) is 32.2. The summed E-state index contributed by atoms with van der Waals surface area (Å²) in [5.41, 5.74) is 0. The summed E-state index contributed by atoms with van der Waals surface area (Å²) in [7, 11) is 0. The van der Waals surface area contributed by atoms with Crippen LogP contribution >= 0.6 is 0 Å². The largest absolute Gasteiger partial charge is 0.481 e. The first-order valence-corrected chi connectivity index (χ1v) is 32.2. The molecule has 3 aliphatic rings. The molecule has 1 aromatic heterocycles. The van der Waals surface area contributed by atoms with Crippen LogP contribution in [-0.2, 0) is 82.8 Å². The number of ketones is 4. The van der Waals surface area contributed by atoms with Crippen molar-refractivity contribution in [2.45, 2.75) is 240 Å². The number of amides is 3. The van der Waals surface area contributed by atoms with Crippen molar-refractivity contribution in [2.75, 3.05) is 69.4 Å². The number of carbonyl (C=O) groups excluding carboxylic acids is 9. The molecule has 25 nitrogen and oxygen atoms in total. The minimum Gasteiger partial charge on any atom is -0.481 e. The molecule has 88 heavy (non-hydrogen) atoms. The van der Waals surface area contributed by atoms with E-state index in [1.54, 1.807) is 4.90 Å². The molecule has 4 heterocycles. The summed E-state index contributed by atoms with van der Waals surface area (Å²) < 4.78 is 34.8. The predicted octanol–water partition coefficient (Wildman–Crippen LogP) is 6.58. The number of rotatable bonds is 43. The summed E-state index contributed by atoms with van der Waals surface area (Å²) in [6, 6.07) is -0.749. The first-order chi connectivity index (χ1) is 42.0. The molecule has 4 rings (SSSR count). The van der Waals surface area contributed by atoms with Crippen LogP contribution in [0.3, 0.4) is 0 Å². The molecular weight excluding hydrogens is 1140 g/mol. The number of carboxylic acid groups (broad SMARTS) is 1. The maximum absolute atomic E-state index is 13.0. The molecule has 0 saturated carbocycles. The number of hydrogen-bond acceptors (Lipinski definition) is 21. The van der Waals surface area contributed by atoms with Crippen molar-refractivity contribution in [2.24, 2.45) is 23.7 Å². The molecule has 10 unspecified atom stereocenters. The fraction of sp³-hybridized carbons (Fsp3) is 0.794. The van der Waals surface area contributed by atoms with Crippen molar-refractivity contribution >= 4 is 70.7 Å². The Labute approximate surface area is 519 Å². The normalized spacial score (nSPS) is 22.7. The number of nitrogens with one attached hydrogen (secondary N) is 3. The molecule has 4 N–H and O–H groups in total. The number of anilines is 2. The number of hydrogen-bond donors (Lipinski definition) is 4. The van der Waals surface area contributed by atoms with Crippen molar-refractivity contribution in [1.29, 1.82) is 0 Å². The predicted molar refractivity (Wildman–Crippen MR) is 324 cm³/mol. The van der Waals surface area contributed by atoms with Gasteiger partial charge in [0.05, 0.1) is 24.3 Å². The number of aryl methyl sites for hydroxylation is 1. The molecule has 3 fully saturated rings. The summed E-state index contributed by atoms with van der Waals surface area (Å²) >= 11 is 0. The van der Waals surface area contributed by atoms with E-state index in [1.807, 2.05) is 32.6 Å². The first kappa shape index (κ1) is 74.4. The van der Waals surface area contributed by atoms with Crippen LogP contribution in [0.25, 0.3) is 0 Å². The molecule has 3 amide bonds. The van der Waals surface area contributed by atoms with Gasteiger partial charge < -0.3 is 59.3 Å². The zero-order valence-corrected chi connectivity index (χ0v) is 53.6. The topological polar surface area (TPSA) is 328 Å². The van der Waals surface area contributed by atoms with Crippen molar-refractivity contribution in [3.05, 3.63) is 5.82 Å². The van der Waals surface area contributed by atoms with E-state index in [0.717, 1.165) is 12.8 Å². The second-order valence-electron chi connectivity index (χ2n) is 24.0. The van der Waals surface area contributed by atoms with Gasteiger partial charge in [-0.15, -0.1) is 0 Å². The van der Waals surface area contributed by atoms with Gasteiger partial charge in [-0.3, -0.25) is 47.9 Å². The zero-order valence-electron chi connectivity index (χ0n) is 53.6. The van der Waals surface area contributed by atoms with Crippen molar-refractivity contribution in [3.63, 3.8) is 0 Å². The molecular formula is C63H102N8O17. The van der Waals surface area contributed by atoms with Crippen LogP contribution in [0.1, 0.15) is 202 Å². The molecule has 25 heteroatoms. The minimum absolute atomic E-state index is 0.000759. The summed E-state index contributed by atoms with van der Waals surface area (Å²) in [5, 5.41) is 18.1. The summed E-state index contributed by atoms with van der Waals surface area (Å²) in [6.07, 6.45) is 8.76. The van der Waals surface area contributed by atoms with Gasteiger partial charge in [0, 0.05) is 144 Å². The number of carboxylic acids is 1. The number of ether oxygens (including phenoxy) is 6. The van der Waals surface area contributed by atoms with Crippen molar-refractivity contribution in [1.82, 2.24) is 30.5 Å². The van der Waals surface area contributed by atoms with Crippen LogP contribution in [0.5, 0.6) is 0 Å². The molecule has 3 aliphatic heterocycles. The van der Waals surface area contributed by atoms with Crippen LogP contribution in [0, 0.1) is 23.7 Å². The van der Waals surface area contributed by atoms with E-state index in [2.05, 4.69) is 25.9 Å². The van der Waals surface area contributed by atoms with Crippen molar-refractivity contribution in [3.8, 4) is 0 Å². The second kappa shape index (κ2) is 40.6. The van der Waals surface area contributed by atoms with E-state index in [-0.39, 0.29) is 134 Å². The van der Waals surface area contributed by atoms with Crippen molar-refractivity contribution < 1.29 is 81.5 Å². The van der Waals surface area contributed by atoms with E-state index in [9.17, 15) is 47.9 Å². The van der Waals surface area contributed by atoms with Gasteiger partial charge in [-0.25, -0.2) is 0 Å². The molecule has 496 valence electrons. The fourth-order valence-electron chi connectivity index (χ4n) is 11.1. The number of carbonyl (C=O) groups is 10. The third kappa shape index (κ3) is 28.6. The van der Waals surface area contributed by atoms with Gasteiger partial charge in [0.2, 0.25) is 29.6 Å². The second-order valence-corrected chi connectivity index (χ2v) is 24.0. The molecule has 0 aromatic carbocycles. The summed E-state index contributed by atoms with van der Waals surface area (Å²) in [6.45, 7) is 16.4. The Morgan fingerprint density at radius 1 is 0.500 bits per heavy atom. The Bertz CT molecular complexity index is 2270. The lowest BCUT2D eigenvalue weighted by molar-refractivity contribution is -0.244. The van der Waals surface area contributed by atoms with Crippen LogP contribution in [0.2, 0.25) is 0 Å². The highest BCUT2D eigenvalue weighted by molar-refractivity contribution is 5.80. The van der Waals surface area contributed by atoms with Gasteiger partial charge in [-0.2, -0.15) is 15.0 Å². The quantitative estimate of drug-likeness (QED) is 0.0396. The lowest BCUT2D eigenvalue weighted by atomic mass is 9.82. The van der Waals surface area contributed by atoms with E-state index in [0.29, 0.717) is 166 Å².